The summed E-state index contributed by atoms with van der Waals surface area (Å²) < 4.78 is 27.2. The van der Waals surface area contributed by atoms with Crippen LogP contribution in [0.5, 0.6) is 0 Å². The number of hydrogen-bond donors (Lipinski definition) is 0. The first-order chi connectivity index (χ1) is 10.1. The van der Waals surface area contributed by atoms with Crippen molar-refractivity contribution in [2.75, 3.05) is 0 Å². The summed E-state index contributed by atoms with van der Waals surface area (Å²) in [5.41, 5.74) is 0.923. The van der Waals surface area contributed by atoms with Crippen molar-refractivity contribution in [3.8, 4) is 6.07 Å². The molecule has 1 fully saturated rings. The highest BCUT2D eigenvalue weighted by Crippen LogP contribution is 2.34. The van der Waals surface area contributed by atoms with E-state index < -0.39 is 10.0 Å². The van der Waals surface area contributed by atoms with Gasteiger partial charge in [0.1, 0.15) is 11.0 Å². The van der Waals surface area contributed by atoms with Crippen molar-refractivity contribution >= 4 is 21.4 Å². The van der Waals surface area contributed by atoms with Crippen molar-refractivity contribution in [2.24, 2.45) is 0 Å². The summed E-state index contributed by atoms with van der Waals surface area (Å²) in [5, 5.41) is 13.0. The maximum Gasteiger partial charge on any atom is 0.246 e. The normalized spacial score (nSPS) is 15.0. The van der Waals surface area contributed by atoms with Gasteiger partial charge in [0.2, 0.25) is 10.0 Å². The first kappa shape index (κ1) is 14.2. The van der Waals surface area contributed by atoms with Gasteiger partial charge in [0.25, 0.3) is 0 Å². The molecule has 2 aromatic heterocycles. The highest BCUT2D eigenvalue weighted by molar-refractivity contribution is 7.89. The Hall–Kier alpha value is -1.75. The molecule has 0 radical (unpaired) electrons. The number of nitrogens with zero attached hydrogens (tertiary/aromatic N) is 3. The lowest BCUT2D eigenvalue weighted by molar-refractivity contribution is 0.399. The topological polar surface area (TPSA) is 74.1 Å². The van der Waals surface area contributed by atoms with Crippen LogP contribution in [0, 0.1) is 11.3 Å². The van der Waals surface area contributed by atoms with Gasteiger partial charge in [-0.05, 0) is 47.4 Å². The van der Waals surface area contributed by atoms with E-state index in [1.54, 1.807) is 17.4 Å². The number of rotatable bonds is 5. The number of aromatic nitrogens is 1. The predicted octanol–water partition coefficient (Wildman–Crippen LogP) is 2.37. The lowest BCUT2D eigenvalue weighted by atomic mass is 10.3. The molecule has 2 aromatic rings. The summed E-state index contributed by atoms with van der Waals surface area (Å²) >= 11 is 1.54. The van der Waals surface area contributed by atoms with E-state index in [-0.39, 0.29) is 16.6 Å². The van der Waals surface area contributed by atoms with Crippen LogP contribution in [-0.4, -0.2) is 23.7 Å². The molecule has 7 heteroatoms. The smallest absolute Gasteiger partial charge is 0.244 e. The van der Waals surface area contributed by atoms with Crippen LogP contribution in [-0.2, 0) is 16.6 Å². The second-order valence-electron chi connectivity index (χ2n) is 4.87. The van der Waals surface area contributed by atoms with Gasteiger partial charge < -0.3 is 0 Å². The van der Waals surface area contributed by atoms with E-state index in [1.165, 1.54) is 16.6 Å². The second kappa shape index (κ2) is 5.56. The molecule has 0 atom stereocenters. The molecule has 0 N–H and O–H groups in total. The molecule has 0 unspecified atom stereocenters. The van der Waals surface area contributed by atoms with Gasteiger partial charge in [-0.2, -0.15) is 20.9 Å². The number of pyridine rings is 1. The monoisotopic (exact) mass is 319 g/mol. The fraction of sp³-hybridized carbons (Fsp3) is 0.286. The van der Waals surface area contributed by atoms with Gasteiger partial charge in [0, 0.05) is 18.8 Å². The molecule has 0 amide bonds. The number of nitriles is 1. The largest absolute Gasteiger partial charge is 0.246 e. The maximum atomic E-state index is 12.9. The molecular weight excluding hydrogens is 306 g/mol. The average molecular weight is 319 g/mol. The molecule has 1 saturated carbocycles. The molecule has 0 bridgehead atoms. The molecule has 108 valence electrons. The van der Waals surface area contributed by atoms with Crippen molar-refractivity contribution < 1.29 is 8.42 Å². The molecule has 0 aliphatic heterocycles. The standard InChI is InChI=1S/C14H13N3O2S2/c15-8-13-14(2-1-6-16-13)21(18,19)17(12-3-4-12)9-11-5-7-20-10-11/h1-2,5-7,10,12H,3-4,9H2. The zero-order chi connectivity index (χ0) is 14.9. The SMILES string of the molecule is N#Cc1ncccc1S(=O)(=O)N(Cc1ccsc1)C1CC1. The molecular formula is C14H13N3O2S2. The summed E-state index contributed by atoms with van der Waals surface area (Å²) in [4.78, 5) is 3.85. The lowest BCUT2D eigenvalue weighted by Crippen LogP contribution is -2.33. The molecule has 0 saturated heterocycles. The fourth-order valence-corrected chi connectivity index (χ4v) is 4.57. The van der Waals surface area contributed by atoms with E-state index in [4.69, 9.17) is 5.26 Å². The predicted molar refractivity (Wildman–Crippen MR) is 79.0 cm³/mol. The van der Waals surface area contributed by atoms with Crippen LogP contribution < -0.4 is 0 Å². The van der Waals surface area contributed by atoms with Gasteiger partial charge >= 0.3 is 0 Å². The first-order valence-electron chi connectivity index (χ1n) is 6.51. The Morgan fingerprint density at radius 2 is 2.24 bits per heavy atom. The number of thiophene rings is 1. The van der Waals surface area contributed by atoms with Gasteiger partial charge in [-0.25, -0.2) is 13.4 Å². The van der Waals surface area contributed by atoms with E-state index in [9.17, 15) is 8.42 Å². The molecule has 0 aromatic carbocycles. The van der Waals surface area contributed by atoms with Crippen molar-refractivity contribution in [2.45, 2.75) is 30.3 Å². The van der Waals surface area contributed by atoms with E-state index in [0.717, 1.165) is 18.4 Å². The summed E-state index contributed by atoms with van der Waals surface area (Å²) in [5.74, 6) is 0. The van der Waals surface area contributed by atoms with Gasteiger partial charge in [-0.15, -0.1) is 0 Å². The van der Waals surface area contributed by atoms with Crippen molar-refractivity contribution in [3.05, 3.63) is 46.4 Å². The molecule has 1 aliphatic rings. The van der Waals surface area contributed by atoms with Crippen LogP contribution in [0.25, 0.3) is 0 Å². The molecule has 5 nitrogen and oxygen atoms in total. The van der Waals surface area contributed by atoms with Gasteiger partial charge in [0.05, 0.1) is 0 Å². The Morgan fingerprint density at radius 3 is 2.86 bits per heavy atom. The first-order valence-corrected chi connectivity index (χ1v) is 8.89. The molecule has 3 rings (SSSR count). The Morgan fingerprint density at radius 1 is 1.43 bits per heavy atom. The Kier molecular flexibility index (Phi) is 3.76. The van der Waals surface area contributed by atoms with Gasteiger partial charge in [-0.1, -0.05) is 0 Å². The van der Waals surface area contributed by atoms with Crippen molar-refractivity contribution in [3.63, 3.8) is 0 Å². The minimum Gasteiger partial charge on any atom is -0.244 e. The second-order valence-corrected chi connectivity index (χ2v) is 7.51. The van der Waals surface area contributed by atoms with E-state index >= 15 is 0 Å². The molecule has 2 heterocycles. The third kappa shape index (κ3) is 2.83. The summed E-state index contributed by atoms with van der Waals surface area (Å²) in [6.07, 6.45) is 3.16. The third-order valence-corrected chi connectivity index (χ3v) is 6.00. The molecule has 1 aliphatic carbocycles. The minimum absolute atomic E-state index is 0.00497. The van der Waals surface area contributed by atoms with E-state index in [1.807, 2.05) is 22.9 Å². The summed E-state index contributed by atoms with van der Waals surface area (Å²) in [7, 11) is -3.70. The van der Waals surface area contributed by atoms with Crippen molar-refractivity contribution in [1.29, 1.82) is 5.26 Å². The Labute approximate surface area is 127 Å². The Balaban J connectivity index is 2.00. The molecule has 21 heavy (non-hydrogen) atoms. The van der Waals surface area contributed by atoms with Crippen LogP contribution in [0.15, 0.2) is 40.1 Å². The zero-order valence-electron chi connectivity index (χ0n) is 11.1. The zero-order valence-corrected chi connectivity index (χ0v) is 12.8. The third-order valence-electron chi connectivity index (χ3n) is 3.34. The van der Waals surface area contributed by atoms with Crippen LogP contribution in [0.2, 0.25) is 0 Å². The van der Waals surface area contributed by atoms with Crippen LogP contribution in [0.3, 0.4) is 0 Å². The van der Waals surface area contributed by atoms with Crippen LogP contribution >= 0.6 is 11.3 Å². The Bertz CT molecular complexity index is 775. The van der Waals surface area contributed by atoms with Gasteiger partial charge in [-0.3, -0.25) is 0 Å². The highest BCUT2D eigenvalue weighted by Gasteiger charge is 2.39. The van der Waals surface area contributed by atoms with Crippen LogP contribution in [0.1, 0.15) is 24.1 Å². The summed E-state index contributed by atoms with van der Waals surface area (Å²) in [6.45, 7) is 0.344. The maximum absolute atomic E-state index is 12.9. The quantitative estimate of drug-likeness (QED) is 0.848. The fourth-order valence-electron chi connectivity index (χ4n) is 2.14. The van der Waals surface area contributed by atoms with E-state index in [0.29, 0.717) is 6.54 Å². The number of sulfonamides is 1. The molecule has 0 spiro atoms. The average Bonchev–Trinajstić information content (AvgIpc) is 3.20. The number of hydrogen-bond acceptors (Lipinski definition) is 5. The van der Waals surface area contributed by atoms with E-state index in [2.05, 4.69) is 4.98 Å². The van der Waals surface area contributed by atoms with Gasteiger partial charge in [0.15, 0.2) is 5.69 Å². The highest BCUT2D eigenvalue weighted by atomic mass is 32.2. The van der Waals surface area contributed by atoms with Crippen LogP contribution in [0.4, 0.5) is 0 Å². The lowest BCUT2D eigenvalue weighted by Gasteiger charge is -2.21. The van der Waals surface area contributed by atoms with Crippen molar-refractivity contribution in [1.82, 2.24) is 9.29 Å². The minimum atomic E-state index is -3.70. The summed E-state index contributed by atoms with van der Waals surface area (Å²) in [6, 6.07) is 6.80.